The molecule has 1 saturated heterocycles. The van der Waals surface area contributed by atoms with Gasteiger partial charge in [-0.05, 0) is 12.8 Å². The molecule has 0 aromatic heterocycles. The van der Waals surface area contributed by atoms with E-state index >= 15 is 0 Å². The number of nitrogens with zero attached hydrogens (tertiary/aromatic N) is 1. The van der Waals surface area contributed by atoms with E-state index in [1.165, 1.54) is 0 Å². The Bertz CT molecular complexity index is 170. The summed E-state index contributed by atoms with van der Waals surface area (Å²) in [6, 6.07) is 0. The Balaban J connectivity index is 2.49. The number of amides is 1. The van der Waals surface area contributed by atoms with Gasteiger partial charge in [-0.1, -0.05) is 6.92 Å². The van der Waals surface area contributed by atoms with Crippen LogP contribution in [0.15, 0.2) is 0 Å². The zero-order valence-corrected chi connectivity index (χ0v) is 7.79. The fraction of sp³-hybridized carbons (Fsp3) is 0.889. The van der Waals surface area contributed by atoms with E-state index in [1.54, 1.807) is 6.92 Å². The molecule has 1 fully saturated rings. The number of rotatable bonds is 1. The lowest BCUT2D eigenvalue weighted by Gasteiger charge is -2.35. The number of piperidine rings is 1. The number of aliphatic hydroxyl groups excluding tert-OH is 1. The van der Waals surface area contributed by atoms with Crippen LogP contribution in [0.1, 0.15) is 26.7 Å². The largest absolute Gasteiger partial charge is 0.393 e. The second-order valence-corrected chi connectivity index (χ2v) is 3.49. The molecule has 3 heteroatoms. The van der Waals surface area contributed by atoms with Crippen molar-refractivity contribution >= 4 is 5.91 Å². The lowest BCUT2D eigenvalue weighted by Crippen LogP contribution is -2.44. The summed E-state index contributed by atoms with van der Waals surface area (Å²) in [4.78, 5) is 12.8. The number of likely N-dealkylation sites (tertiary alicyclic amines) is 1. The van der Waals surface area contributed by atoms with Crippen LogP contribution in [-0.2, 0) is 4.79 Å². The maximum Gasteiger partial charge on any atom is 0.219 e. The van der Waals surface area contributed by atoms with Gasteiger partial charge in [0.25, 0.3) is 0 Å². The van der Waals surface area contributed by atoms with E-state index in [4.69, 9.17) is 0 Å². The summed E-state index contributed by atoms with van der Waals surface area (Å²) >= 11 is 0. The summed E-state index contributed by atoms with van der Waals surface area (Å²) in [5.74, 6) is 0.406. The average molecular weight is 171 g/mol. The molecule has 12 heavy (non-hydrogen) atoms. The van der Waals surface area contributed by atoms with Crippen molar-refractivity contribution in [3.05, 3.63) is 0 Å². The van der Waals surface area contributed by atoms with Gasteiger partial charge >= 0.3 is 0 Å². The van der Waals surface area contributed by atoms with Crippen molar-refractivity contribution in [1.82, 2.24) is 4.90 Å². The second-order valence-electron chi connectivity index (χ2n) is 3.49. The number of aliphatic hydroxyl groups is 1. The summed E-state index contributed by atoms with van der Waals surface area (Å²) in [5.41, 5.74) is 0. The average Bonchev–Trinajstić information content (AvgIpc) is 2.05. The van der Waals surface area contributed by atoms with Crippen molar-refractivity contribution in [1.29, 1.82) is 0 Å². The molecular weight excluding hydrogens is 154 g/mol. The van der Waals surface area contributed by atoms with Crippen LogP contribution < -0.4 is 0 Å². The van der Waals surface area contributed by atoms with E-state index in [-0.39, 0.29) is 17.9 Å². The van der Waals surface area contributed by atoms with Crippen molar-refractivity contribution < 1.29 is 9.90 Å². The molecular formula is C9H17NO2. The molecule has 0 spiro atoms. The Hall–Kier alpha value is -0.570. The molecule has 1 amide bonds. The quantitative estimate of drug-likeness (QED) is 0.628. The van der Waals surface area contributed by atoms with Gasteiger partial charge in [-0.3, -0.25) is 4.79 Å². The summed E-state index contributed by atoms with van der Waals surface area (Å²) in [7, 11) is 0. The summed E-state index contributed by atoms with van der Waals surface area (Å²) in [6.45, 7) is 5.09. The molecule has 1 N–H and O–H groups in total. The highest BCUT2D eigenvalue weighted by molar-refractivity contribution is 5.73. The van der Waals surface area contributed by atoms with Gasteiger partial charge in [-0.15, -0.1) is 0 Å². The third kappa shape index (κ3) is 1.97. The minimum Gasteiger partial charge on any atom is -0.393 e. The molecule has 0 unspecified atom stereocenters. The Morgan fingerprint density at radius 1 is 1.67 bits per heavy atom. The maximum atomic E-state index is 11.0. The van der Waals surface area contributed by atoms with Crippen LogP contribution in [0.5, 0.6) is 0 Å². The predicted molar refractivity (Wildman–Crippen MR) is 46.7 cm³/mol. The van der Waals surface area contributed by atoms with E-state index in [0.29, 0.717) is 6.54 Å². The molecule has 2 atom stereocenters. The molecule has 1 aliphatic rings. The van der Waals surface area contributed by atoms with E-state index in [2.05, 4.69) is 6.92 Å². The van der Waals surface area contributed by atoms with Crippen LogP contribution >= 0.6 is 0 Å². The molecule has 3 nitrogen and oxygen atoms in total. The van der Waals surface area contributed by atoms with Gasteiger partial charge in [-0.2, -0.15) is 0 Å². The van der Waals surface area contributed by atoms with Gasteiger partial charge in [0.15, 0.2) is 0 Å². The van der Waals surface area contributed by atoms with Crippen molar-refractivity contribution in [2.75, 3.05) is 13.1 Å². The molecule has 0 radical (unpaired) electrons. The Kier molecular flexibility index (Phi) is 3.09. The molecule has 1 heterocycles. The van der Waals surface area contributed by atoms with Gasteiger partial charge in [0.05, 0.1) is 6.10 Å². The first-order valence-electron chi connectivity index (χ1n) is 4.58. The Morgan fingerprint density at radius 2 is 2.33 bits per heavy atom. The Labute approximate surface area is 73.4 Å². The molecule has 0 aromatic carbocycles. The van der Waals surface area contributed by atoms with Crippen molar-refractivity contribution in [3.8, 4) is 0 Å². The fourth-order valence-electron chi connectivity index (χ4n) is 1.71. The SMILES string of the molecule is CC[C@@H]1CN(C(C)=O)CC[C@H]1O. The van der Waals surface area contributed by atoms with E-state index in [0.717, 1.165) is 19.4 Å². The maximum absolute atomic E-state index is 11.0. The number of hydrogen-bond acceptors (Lipinski definition) is 2. The fourth-order valence-corrected chi connectivity index (χ4v) is 1.71. The first-order chi connectivity index (χ1) is 5.65. The normalized spacial score (nSPS) is 30.4. The van der Waals surface area contributed by atoms with Gasteiger partial charge in [0.2, 0.25) is 5.91 Å². The lowest BCUT2D eigenvalue weighted by molar-refractivity contribution is -0.132. The van der Waals surface area contributed by atoms with Crippen LogP contribution in [0.3, 0.4) is 0 Å². The van der Waals surface area contributed by atoms with Gasteiger partial charge < -0.3 is 10.0 Å². The van der Waals surface area contributed by atoms with E-state index < -0.39 is 0 Å². The van der Waals surface area contributed by atoms with E-state index in [9.17, 15) is 9.90 Å². The van der Waals surface area contributed by atoms with E-state index in [1.807, 2.05) is 4.90 Å². The van der Waals surface area contributed by atoms with Crippen LogP contribution in [0.4, 0.5) is 0 Å². The molecule has 0 aliphatic carbocycles. The first kappa shape index (κ1) is 9.52. The highest BCUT2D eigenvalue weighted by Crippen LogP contribution is 2.19. The molecule has 70 valence electrons. The first-order valence-corrected chi connectivity index (χ1v) is 4.58. The second kappa shape index (κ2) is 3.90. The monoisotopic (exact) mass is 171 g/mol. The zero-order valence-electron chi connectivity index (χ0n) is 7.79. The number of carbonyl (C=O) groups is 1. The predicted octanol–water partition coefficient (Wildman–Crippen LogP) is 0.626. The van der Waals surface area contributed by atoms with Crippen molar-refractivity contribution in [2.45, 2.75) is 32.8 Å². The summed E-state index contributed by atoms with van der Waals surface area (Å²) in [5, 5.41) is 9.53. The third-order valence-electron chi connectivity index (χ3n) is 2.66. The van der Waals surface area contributed by atoms with Crippen molar-refractivity contribution in [3.63, 3.8) is 0 Å². The van der Waals surface area contributed by atoms with Gasteiger partial charge in [0, 0.05) is 25.9 Å². The number of carbonyl (C=O) groups excluding carboxylic acids is 1. The van der Waals surface area contributed by atoms with Crippen LogP contribution in [-0.4, -0.2) is 35.1 Å². The molecule has 0 aromatic rings. The third-order valence-corrected chi connectivity index (χ3v) is 2.66. The highest BCUT2D eigenvalue weighted by Gasteiger charge is 2.27. The molecule has 1 aliphatic heterocycles. The zero-order chi connectivity index (χ0) is 9.14. The Morgan fingerprint density at radius 3 is 2.83 bits per heavy atom. The van der Waals surface area contributed by atoms with Gasteiger partial charge in [-0.25, -0.2) is 0 Å². The molecule has 0 bridgehead atoms. The standard InChI is InChI=1S/C9H17NO2/c1-3-8-6-10(7(2)11)5-4-9(8)12/h8-9,12H,3-6H2,1-2H3/t8-,9-/m1/s1. The minimum atomic E-state index is -0.203. The van der Waals surface area contributed by atoms with Crippen LogP contribution in [0, 0.1) is 5.92 Å². The molecule has 0 saturated carbocycles. The number of hydrogen-bond donors (Lipinski definition) is 1. The van der Waals surface area contributed by atoms with Gasteiger partial charge in [0.1, 0.15) is 0 Å². The minimum absolute atomic E-state index is 0.125. The highest BCUT2D eigenvalue weighted by atomic mass is 16.3. The topological polar surface area (TPSA) is 40.5 Å². The van der Waals surface area contributed by atoms with Crippen LogP contribution in [0.25, 0.3) is 0 Å². The molecule has 1 rings (SSSR count). The summed E-state index contributed by atoms with van der Waals surface area (Å²) in [6.07, 6.45) is 1.48. The van der Waals surface area contributed by atoms with Crippen molar-refractivity contribution in [2.24, 2.45) is 5.92 Å². The lowest BCUT2D eigenvalue weighted by atomic mass is 9.92. The smallest absolute Gasteiger partial charge is 0.219 e. The van der Waals surface area contributed by atoms with Crippen LogP contribution in [0.2, 0.25) is 0 Å². The summed E-state index contributed by atoms with van der Waals surface area (Å²) < 4.78 is 0.